The molecule has 31 heavy (non-hydrogen) atoms. The van der Waals surface area contributed by atoms with Gasteiger partial charge < -0.3 is 18.9 Å². The molecule has 2 aliphatic rings. The molecular formula is C24H32N2O5. The highest BCUT2D eigenvalue weighted by molar-refractivity contribution is 5.31. The molecule has 7 nitrogen and oxygen atoms in total. The molecule has 1 saturated heterocycles. The van der Waals surface area contributed by atoms with E-state index in [2.05, 4.69) is 37.9 Å². The maximum Gasteiger partial charge on any atom is 0.300 e. The Balaban J connectivity index is 1.28. The summed E-state index contributed by atoms with van der Waals surface area (Å²) in [5.41, 5.74) is 1.74. The molecule has 0 aliphatic carbocycles. The summed E-state index contributed by atoms with van der Waals surface area (Å²) in [5, 5.41) is 0. The Morgan fingerprint density at radius 1 is 1.19 bits per heavy atom. The first-order valence-electron chi connectivity index (χ1n) is 11.1. The average molecular weight is 429 g/mol. The maximum atomic E-state index is 12.3. The number of nitrogens with zero attached hydrogens (tertiary/aromatic N) is 2. The molecule has 168 valence electrons. The topological polar surface area (TPSA) is 71.8 Å². The van der Waals surface area contributed by atoms with Crippen molar-refractivity contribution in [2.24, 2.45) is 0 Å². The van der Waals surface area contributed by atoms with Gasteiger partial charge in [0.25, 0.3) is 11.6 Å². The van der Waals surface area contributed by atoms with Crippen molar-refractivity contribution in [3.8, 4) is 11.8 Å². The predicted molar refractivity (Wildman–Crippen MR) is 117 cm³/mol. The molecule has 4 rings (SSSR count). The number of fused-ring (bicyclic) bond motifs is 1. The maximum absolute atomic E-state index is 12.3. The fourth-order valence-electron chi connectivity index (χ4n) is 3.79. The molecule has 1 aromatic carbocycles. The third-order valence-corrected chi connectivity index (χ3v) is 5.67. The zero-order chi connectivity index (χ0) is 21.8. The Bertz CT molecular complexity index is 926. The van der Waals surface area contributed by atoms with Crippen molar-refractivity contribution < 1.29 is 18.9 Å². The molecule has 3 heterocycles. The number of hydrogen-bond donors (Lipinski definition) is 0. The Hall–Kier alpha value is -2.38. The predicted octanol–water partition coefficient (Wildman–Crippen LogP) is 3.47. The van der Waals surface area contributed by atoms with Gasteiger partial charge in [0.1, 0.15) is 12.4 Å². The van der Waals surface area contributed by atoms with Crippen molar-refractivity contribution in [2.75, 3.05) is 19.8 Å². The normalized spacial score (nSPS) is 20.9. The summed E-state index contributed by atoms with van der Waals surface area (Å²) in [5.74, 6) is 0.804. The fraction of sp³-hybridized carbons (Fsp3) is 0.583. The van der Waals surface area contributed by atoms with E-state index in [0.717, 1.165) is 31.6 Å². The van der Waals surface area contributed by atoms with E-state index < -0.39 is 0 Å². The van der Waals surface area contributed by atoms with Gasteiger partial charge >= 0.3 is 0 Å². The largest absolute Gasteiger partial charge is 0.490 e. The first-order valence-corrected chi connectivity index (χ1v) is 11.1. The van der Waals surface area contributed by atoms with Crippen LogP contribution in [0.2, 0.25) is 0 Å². The molecule has 2 aliphatic heterocycles. The molecule has 2 atom stereocenters. The van der Waals surface area contributed by atoms with Crippen LogP contribution in [0, 0.1) is 0 Å². The Kier molecular flexibility index (Phi) is 6.62. The van der Waals surface area contributed by atoms with Crippen LogP contribution in [0.25, 0.3) is 0 Å². The molecular weight excluding hydrogens is 396 g/mol. The third kappa shape index (κ3) is 5.66. The second kappa shape index (κ2) is 9.40. The van der Waals surface area contributed by atoms with E-state index >= 15 is 0 Å². The van der Waals surface area contributed by atoms with Gasteiger partial charge in [0.05, 0.1) is 13.2 Å². The van der Waals surface area contributed by atoms with E-state index in [9.17, 15) is 4.79 Å². The zero-order valence-electron chi connectivity index (χ0n) is 18.6. The number of ether oxygens (including phenoxy) is 4. The van der Waals surface area contributed by atoms with Gasteiger partial charge in [-0.3, -0.25) is 9.36 Å². The van der Waals surface area contributed by atoms with Crippen molar-refractivity contribution in [3.05, 3.63) is 51.9 Å². The second-order valence-corrected chi connectivity index (χ2v) is 9.25. The summed E-state index contributed by atoms with van der Waals surface area (Å²) in [6.45, 7) is 8.74. The summed E-state index contributed by atoms with van der Waals surface area (Å²) in [7, 11) is 0. The van der Waals surface area contributed by atoms with Gasteiger partial charge in [0, 0.05) is 24.8 Å². The highest BCUT2D eigenvalue weighted by Crippen LogP contribution is 2.25. The van der Waals surface area contributed by atoms with E-state index in [4.69, 9.17) is 18.9 Å². The minimum absolute atomic E-state index is 0.110. The van der Waals surface area contributed by atoms with Crippen LogP contribution in [-0.4, -0.2) is 41.8 Å². The standard InChI is InChI=1S/C24H32N2O5/c1-24(2,3)18-7-9-19(10-8-18)30-16-20-15-26-14-17(22(27)25-23(26)31-20)11-13-29-21-6-4-5-12-28-21/h7-10,14,20-21H,4-6,11-13,15-16H2,1-3H3/t20-,21?/m0/s1. The number of rotatable bonds is 7. The molecule has 2 aromatic rings. The van der Waals surface area contributed by atoms with Crippen LogP contribution in [0.3, 0.4) is 0 Å². The van der Waals surface area contributed by atoms with E-state index in [-0.39, 0.29) is 23.4 Å². The van der Waals surface area contributed by atoms with Crippen molar-refractivity contribution >= 4 is 0 Å². The molecule has 0 spiro atoms. The summed E-state index contributed by atoms with van der Waals surface area (Å²) in [6, 6.07) is 8.50. The third-order valence-electron chi connectivity index (χ3n) is 5.67. The summed E-state index contributed by atoms with van der Waals surface area (Å²) in [4.78, 5) is 16.4. The van der Waals surface area contributed by atoms with Crippen molar-refractivity contribution in [1.29, 1.82) is 0 Å². The van der Waals surface area contributed by atoms with Gasteiger partial charge in [-0.15, -0.1) is 0 Å². The molecule has 7 heteroatoms. The first kappa shape index (κ1) is 21.8. The van der Waals surface area contributed by atoms with Crippen molar-refractivity contribution in [3.63, 3.8) is 0 Å². The molecule has 0 amide bonds. The highest BCUT2D eigenvalue weighted by Gasteiger charge is 2.25. The minimum Gasteiger partial charge on any atom is -0.490 e. The molecule has 1 aromatic heterocycles. The molecule has 1 unspecified atom stereocenters. The van der Waals surface area contributed by atoms with Gasteiger partial charge in [-0.1, -0.05) is 32.9 Å². The SMILES string of the molecule is CC(C)(C)c1ccc(OC[C@@H]2Cn3cc(CCOC4CCCCO4)c(=O)nc3O2)cc1. The van der Waals surface area contributed by atoms with Gasteiger partial charge in [-0.05, 0) is 42.4 Å². The van der Waals surface area contributed by atoms with Crippen LogP contribution < -0.4 is 15.0 Å². The number of hydrogen-bond acceptors (Lipinski definition) is 6. The quantitative estimate of drug-likeness (QED) is 0.673. The number of benzene rings is 1. The monoisotopic (exact) mass is 428 g/mol. The van der Waals surface area contributed by atoms with Gasteiger partial charge in [-0.2, -0.15) is 4.98 Å². The second-order valence-electron chi connectivity index (χ2n) is 9.25. The lowest BCUT2D eigenvalue weighted by Gasteiger charge is -2.22. The minimum atomic E-state index is -0.265. The Morgan fingerprint density at radius 3 is 2.71 bits per heavy atom. The first-order chi connectivity index (χ1) is 14.9. The number of aromatic nitrogens is 2. The van der Waals surface area contributed by atoms with Gasteiger partial charge in [0.2, 0.25) is 0 Å². The van der Waals surface area contributed by atoms with E-state index in [0.29, 0.717) is 37.8 Å². The lowest BCUT2D eigenvalue weighted by Crippen LogP contribution is -2.24. The van der Waals surface area contributed by atoms with Crippen LogP contribution in [0.4, 0.5) is 0 Å². The van der Waals surface area contributed by atoms with Gasteiger partial charge in [0.15, 0.2) is 12.4 Å². The average Bonchev–Trinajstić information content (AvgIpc) is 3.14. The smallest absolute Gasteiger partial charge is 0.300 e. The Labute approximate surface area is 183 Å². The van der Waals surface area contributed by atoms with E-state index in [1.807, 2.05) is 22.9 Å². The molecule has 0 bridgehead atoms. The Morgan fingerprint density at radius 2 is 2.00 bits per heavy atom. The van der Waals surface area contributed by atoms with E-state index in [1.54, 1.807) is 0 Å². The lowest BCUT2D eigenvalue weighted by molar-refractivity contribution is -0.161. The van der Waals surface area contributed by atoms with Crippen LogP contribution >= 0.6 is 0 Å². The summed E-state index contributed by atoms with van der Waals surface area (Å²) < 4.78 is 24.9. The van der Waals surface area contributed by atoms with Crippen molar-refractivity contribution in [2.45, 2.75) is 70.8 Å². The van der Waals surface area contributed by atoms with Crippen LogP contribution in [0.15, 0.2) is 35.3 Å². The van der Waals surface area contributed by atoms with Crippen LogP contribution in [-0.2, 0) is 27.9 Å². The molecule has 0 radical (unpaired) electrons. The highest BCUT2D eigenvalue weighted by atomic mass is 16.7. The molecule has 0 saturated carbocycles. The molecule has 1 fully saturated rings. The van der Waals surface area contributed by atoms with Crippen molar-refractivity contribution in [1.82, 2.24) is 9.55 Å². The summed E-state index contributed by atoms with van der Waals surface area (Å²) in [6.07, 6.45) is 5.12. The summed E-state index contributed by atoms with van der Waals surface area (Å²) >= 11 is 0. The van der Waals surface area contributed by atoms with Crippen LogP contribution in [0.1, 0.15) is 51.2 Å². The lowest BCUT2D eigenvalue weighted by atomic mass is 9.87. The fourth-order valence-corrected chi connectivity index (χ4v) is 3.79. The zero-order valence-corrected chi connectivity index (χ0v) is 18.6. The van der Waals surface area contributed by atoms with E-state index in [1.165, 1.54) is 5.56 Å². The van der Waals surface area contributed by atoms with Gasteiger partial charge in [-0.25, -0.2) is 0 Å². The van der Waals surface area contributed by atoms with Crippen LogP contribution in [0.5, 0.6) is 11.8 Å². The molecule has 0 N–H and O–H groups in total.